The summed E-state index contributed by atoms with van der Waals surface area (Å²) < 4.78 is 66.0. The Hall–Kier alpha value is -5.58. The van der Waals surface area contributed by atoms with Crippen LogP contribution in [0.25, 0.3) is 21.9 Å². The largest absolute Gasteiger partial charge is 0.494 e. The number of imidazole rings is 1. The van der Waals surface area contributed by atoms with E-state index in [2.05, 4.69) is 20.5 Å². The number of alkyl halides is 4. The van der Waals surface area contributed by atoms with Crippen LogP contribution in [0.5, 0.6) is 5.75 Å². The van der Waals surface area contributed by atoms with Gasteiger partial charge in [0, 0.05) is 62.5 Å². The Balaban J connectivity index is 0.892. The average Bonchev–Trinajstić information content (AvgIpc) is 3.71. The molecule has 2 saturated heterocycles. The number of benzene rings is 2. The monoisotopic (exact) mass is 790 g/mol. The van der Waals surface area contributed by atoms with Gasteiger partial charge in [0.05, 0.1) is 46.5 Å². The maximum absolute atomic E-state index is 16.1. The van der Waals surface area contributed by atoms with Crippen LogP contribution in [0.3, 0.4) is 0 Å². The Bertz CT molecular complexity index is 2430. The fraction of sp³-hybridized carbons (Fsp3) is 0.450. The van der Waals surface area contributed by atoms with Gasteiger partial charge in [0.2, 0.25) is 11.8 Å². The fourth-order valence-electron chi connectivity index (χ4n) is 8.88. The van der Waals surface area contributed by atoms with Gasteiger partial charge < -0.3 is 15.0 Å². The highest BCUT2D eigenvalue weighted by molar-refractivity contribution is 6.06. The van der Waals surface area contributed by atoms with Gasteiger partial charge in [0.15, 0.2) is 0 Å². The second-order valence-corrected chi connectivity index (χ2v) is 15.4. The number of anilines is 1. The number of imide groups is 1. The first-order valence-electron chi connectivity index (χ1n) is 19.1. The normalized spacial score (nSPS) is 23.5. The molecule has 0 spiro atoms. The number of nitrogens with one attached hydrogen (secondary N) is 2. The van der Waals surface area contributed by atoms with Gasteiger partial charge in [-0.2, -0.15) is 18.3 Å². The van der Waals surface area contributed by atoms with Crippen LogP contribution in [-0.2, 0) is 22.8 Å². The number of fused-ring (bicyclic) bond motifs is 2. The molecule has 2 N–H and O–H groups in total. The van der Waals surface area contributed by atoms with Crippen LogP contribution in [-0.4, -0.2) is 79.4 Å². The predicted octanol–water partition coefficient (Wildman–Crippen LogP) is 5.90. The minimum atomic E-state index is -4.64. The Labute approximate surface area is 324 Å². The molecule has 3 fully saturated rings. The first-order valence-corrected chi connectivity index (χ1v) is 19.1. The minimum Gasteiger partial charge on any atom is -0.494 e. The second-order valence-electron chi connectivity index (χ2n) is 15.4. The van der Waals surface area contributed by atoms with Gasteiger partial charge in [-0.25, -0.2) is 9.18 Å². The van der Waals surface area contributed by atoms with E-state index in [-0.39, 0.29) is 48.3 Å². The molecule has 17 heteroatoms. The maximum Gasteiger partial charge on any atom is 0.417 e. The van der Waals surface area contributed by atoms with Gasteiger partial charge >= 0.3 is 11.9 Å². The van der Waals surface area contributed by atoms with Gasteiger partial charge in [-0.15, -0.1) is 0 Å². The first kappa shape index (κ1) is 38.3. The standard InChI is InChI=1S/C40H42F4N8O5/c1-49-36-28(4-3-5-32(36)52(39(49)56)33-10-11-35(53)47-38(33)55)27-12-13-50(21-29(27)41)19-22-6-8-26(9-7-22)51-20-24-15-31(34(57-2)16-30(24)48-51)46-37(54)23-14-25(18-45-17-23)40(42,43)44/h3-5,14-18,20,22,26-27,29,33H,6-13,19,21H2,1-2H3,(H,46,54)(H,47,53,55)/t22?,26?,27-,29+,33?/m0/s1. The number of aromatic nitrogens is 5. The fourth-order valence-corrected chi connectivity index (χ4v) is 8.88. The van der Waals surface area contributed by atoms with E-state index in [9.17, 15) is 32.3 Å². The predicted molar refractivity (Wildman–Crippen MR) is 202 cm³/mol. The zero-order valence-electron chi connectivity index (χ0n) is 31.4. The van der Waals surface area contributed by atoms with Gasteiger partial charge in [-0.05, 0) is 74.8 Å². The number of likely N-dealkylation sites (tertiary alicyclic amines) is 1. The molecule has 8 rings (SSSR count). The van der Waals surface area contributed by atoms with Crippen LogP contribution >= 0.6 is 0 Å². The molecule has 2 aromatic carbocycles. The molecule has 0 bridgehead atoms. The van der Waals surface area contributed by atoms with E-state index in [1.54, 1.807) is 31.3 Å². The Morgan fingerprint density at radius 3 is 2.54 bits per heavy atom. The molecule has 3 aliphatic rings. The molecule has 57 heavy (non-hydrogen) atoms. The highest BCUT2D eigenvalue weighted by Crippen LogP contribution is 2.39. The smallest absolute Gasteiger partial charge is 0.417 e. The maximum atomic E-state index is 16.1. The SMILES string of the molecule is COc1cc2nn(C3CCC(CN4CC[C@@H](c5cccc6c5n(C)c(=O)n6C5CCC(=O)NC5=O)[C@H](F)C4)CC3)cc2cc1NC(=O)c1cncc(C(F)(F)F)c1. The molecular formula is C40H42F4N8O5. The van der Waals surface area contributed by atoms with E-state index < -0.39 is 41.7 Å². The van der Waals surface area contributed by atoms with E-state index in [1.165, 1.54) is 16.2 Å². The second kappa shape index (κ2) is 15.1. The molecule has 300 valence electrons. The zero-order chi connectivity index (χ0) is 40.2. The van der Waals surface area contributed by atoms with Crippen LogP contribution in [0.1, 0.15) is 84.4 Å². The van der Waals surface area contributed by atoms with Crippen LogP contribution < -0.4 is 21.1 Å². The Morgan fingerprint density at radius 2 is 1.82 bits per heavy atom. The number of rotatable bonds is 8. The van der Waals surface area contributed by atoms with E-state index >= 15 is 4.39 Å². The number of halogens is 4. The quantitative estimate of drug-likeness (QED) is 0.146. The number of carbonyl (C=O) groups excluding carboxylic acids is 3. The number of methoxy groups -OCH3 is 1. The van der Waals surface area contributed by atoms with Gasteiger partial charge in [0.25, 0.3) is 5.91 Å². The molecular weight excluding hydrogens is 748 g/mol. The van der Waals surface area contributed by atoms with Gasteiger partial charge in [-0.1, -0.05) is 12.1 Å². The number of carbonyl (C=O) groups is 3. The van der Waals surface area contributed by atoms with Crippen molar-refractivity contribution in [2.24, 2.45) is 13.0 Å². The van der Waals surface area contributed by atoms with E-state index in [0.717, 1.165) is 55.4 Å². The highest BCUT2D eigenvalue weighted by Gasteiger charge is 2.37. The summed E-state index contributed by atoms with van der Waals surface area (Å²) in [5.41, 5.74) is 1.22. The lowest BCUT2D eigenvalue weighted by atomic mass is 9.83. The number of hydrogen-bond donors (Lipinski definition) is 2. The lowest BCUT2D eigenvalue weighted by molar-refractivity contribution is -0.138. The van der Waals surface area contributed by atoms with Crippen molar-refractivity contribution in [2.75, 3.05) is 32.1 Å². The number of nitrogens with zero attached hydrogens (tertiary/aromatic N) is 6. The number of para-hydroxylation sites is 1. The number of amides is 3. The number of aryl methyl sites for hydroxylation is 1. The summed E-state index contributed by atoms with van der Waals surface area (Å²) in [4.78, 5) is 56.6. The number of piperidine rings is 2. The van der Waals surface area contributed by atoms with E-state index in [0.29, 0.717) is 47.4 Å². The third-order valence-electron chi connectivity index (χ3n) is 11.8. The van der Waals surface area contributed by atoms with E-state index in [1.807, 2.05) is 16.9 Å². The summed E-state index contributed by atoms with van der Waals surface area (Å²) in [5, 5.41) is 10.5. The first-order chi connectivity index (χ1) is 27.3. The molecule has 1 saturated carbocycles. The van der Waals surface area contributed by atoms with Crippen LogP contribution in [0.4, 0.5) is 23.2 Å². The molecule has 3 amide bonds. The Kier molecular flexibility index (Phi) is 10.1. The van der Waals surface area contributed by atoms with Crippen molar-refractivity contribution < 1.29 is 36.7 Å². The summed E-state index contributed by atoms with van der Waals surface area (Å²) >= 11 is 0. The molecule has 3 aromatic heterocycles. The lowest BCUT2D eigenvalue weighted by Crippen LogP contribution is -2.44. The van der Waals surface area contributed by atoms with Crippen molar-refractivity contribution in [1.82, 2.24) is 34.1 Å². The third kappa shape index (κ3) is 7.40. The molecule has 5 heterocycles. The van der Waals surface area contributed by atoms with Gasteiger partial charge in [-0.3, -0.25) is 38.5 Å². The van der Waals surface area contributed by atoms with Crippen molar-refractivity contribution in [3.05, 3.63) is 82.2 Å². The number of pyridine rings is 1. The van der Waals surface area contributed by atoms with Crippen molar-refractivity contribution >= 4 is 45.3 Å². The topological polar surface area (TPSA) is 145 Å². The van der Waals surface area contributed by atoms with Crippen molar-refractivity contribution in [3.63, 3.8) is 0 Å². The minimum absolute atomic E-state index is 0.133. The summed E-state index contributed by atoms with van der Waals surface area (Å²) in [6.07, 6.45) is 2.40. The van der Waals surface area contributed by atoms with E-state index in [4.69, 9.17) is 9.84 Å². The molecule has 3 atom stereocenters. The average molecular weight is 791 g/mol. The molecule has 5 aromatic rings. The lowest BCUT2D eigenvalue weighted by Gasteiger charge is -2.38. The van der Waals surface area contributed by atoms with Crippen molar-refractivity contribution in [2.45, 2.75) is 75.3 Å². The third-order valence-corrected chi connectivity index (χ3v) is 11.8. The van der Waals surface area contributed by atoms with Crippen LogP contribution in [0, 0.1) is 5.92 Å². The molecule has 1 aliphatic carbocycles. The molecule has 2 aliphatic heterocycles. The van der Waals surface area contributed by atoms with Crippen molar-refractivity contribution in [1.29, 1.82) is 0 Å². The zero-order valence-corrected chi connectivity index (χ0v) is 31.4. The molecule has 13 nitrogen and oxygen atoms in total. The highest BCUT2D eigenvalue weighted by atomic mass is 19.4. The molecule has 1 unspecified atom stereocenters. The van der Waals surface area contributed by atoms with Crippen molar-refractivity contribution in [3.8, 4) is 5.75 Å². The molecule has 0 radical (unpaired) electrons. The van der Waals surface area contributed by atoms with Crippen LogP contribution in [0.15, 0.2) is 59.8 Å². The summed E-state index contributed by atoms with van der Waals surface area (Å²) in [6.45, 7) is 1.76. The number of hydrogen-bond acceptors (Lipinski definition) is 8. The summed E-state index contributed by atoms with van der Waals surface area (Å²) in [5.74, 6) is -1.35. The van der Waals surface area contributed by atoms with Gasteiger partial charge in [0.1, 0.15) is 18.0 Å². The van der Waals surface area contributed by atoms with Crippen LogP contribution in [0.2, 0.25) is 0 Å². The number of ether oxygens (including phenoxy) is 1. The summed E-state index contributed by atoms with van der Waals surface area (Å²) in [7, 11) is 3.07. The Morgan fingerprint density at radius 1 is 1.04 bits per heavy atom. The summed E-state index contributed by atoms with van der Waals surface area (Å²) in [6, 6.07) is 8.89.